The number of ether oxygens (including phenoxy) is 1. The number of halogens is 2. The van der Waals surface area contributed by atoms with Crippen molar-refractivity contribution in [3.05, 3.63) is 0 Å². The predicted molar refractivity (Wildman–Crippen MR) is 47.1 cm³/mol. The highest BCUT2D eigenvalue weighted by molar-refractivity contribution is 5.77. The van der Waals surface area contributed by atoms with Crippen LogP contribution in [-0.4, -0.2) is 32.6 Å². The molecule has 1 aliphatic rings. The fourth-order valence-electron chi connectivity index (χ4n) is 1.66. The second kappa shape index (κ2) is 4.21. The number of hydrogen-bond acceptors (Lipinski definition) is 3. The Morgan fingerprint density at radius 1 is 1.86 bits per heavy atom. The van der Waals surface area contributed by atoms with Crippen LogP contribution in [0.1, 0.15) is 16.1 Å². The van der Waals surface area contributed by atoms with Crippen molar-refractivity contribution in [1.29, 1.82) is 0 Å². The first-order valence-corrected chi connectivity index (χ1v) is 4.36. The van der Waals surface area contributed by atoms with Crippen LogP contribution in [0.3, 0.4) is 0 Å². The SMILES string of the molecule is [2H]C(F)(F)[C@@]1([2H])CCNC[C@@]1(C)C(=O)OC. The predicted octanol–water partition coefficient (Wildman–Crippen LogP) is 1.04. The number of alkyl halides is 2. The van der Waals surface area contributed by atoms with Crippen molar-refractivity contribution in [2.45, 2.75) is 19.7 Å². The molecular formula is C9H15F2NO2. The van der Waals surface area contributed by atoms with Gasteiger partial charge in [0, 0.05) is 13.8 Å². The summed E-state index contributed by atoms with van der Waals surface area (Å²) in [6, 6.07) is 0. The van der Waals surface area contributed by atoms with E-state index in [1.807, 2.05) is 0 Å². The van der Waals surface area contributed by atoms with E-state index in [2.05, 4.69) is 10.1 Å². The quantitative estimate of drug-likeness (QED) is 0.690. The monoisotopic (exact) mass is 209 g/mol. The van der Waals surface area contributed by atoms with Crippen LogP contribution < -0.4 is 5.32 Å². The van der Waals surface area contributed by atoms with E-state index in [9.17, 15) is 13.6 Å². The number of nitrogens with one attached hydrogen (secondary N) is 1. The lowest BCUT2D eigenvalue weighted by Crippen LogP contribution is -2.52. The minimum Gasteiger partial charge on any atom is -0.469 e. The van der Waals surface area contributed by atoms with Crippen molar-refractivity contribution in [2.75, 3.05) is 20.2 Å². The number of carbonyl (C=O) groups is 1. The summed E-state index contributed by atoms with van der Waals surface area (Å²) in [7, 11) is 1.09. The molecule has 0 radical (unpaired) electrons. The van der Waals surface area contributed by atoms with Gasteiger partial charge in [-0.3, -0.25) is 4.79 Å². The highest BCUT2D eigenvalue weighted by Crippen LogP contribution is 2.37. The molecule has 0 aromatic carbocycles. The Balaban J connectivity index is 3.18. The fraction of sp³-hybridized carbons (Fsp3) is 0.889. The summed E-state index contributed by atoms with van der Waals surface area (Å²) in [6.45, 7) is 1.34. The molecule has 1 fully saturated rings. The highest BCUT2D eigenvalue weighted by Gasteiger charge is 2.48. The van der Waals surface area contributed by atoms with E-state index in [1.54, 1.807) is 0 Å². The maximum atomic E-state index is 13.2. The molecular weight excluding hydrogens is 192 g/mol. The zero-order chi connectivity index (χ0) is 12.6. The molecule has 2 atom stereocenters. The largest absolute Gasteiger partial charge is 0.469 e. The Morgan fingerprint density at radius 3 is 3.00 bits per heavy atom. The number of rotatable bonds is 2. The minimum atomic E-state index is -4.00. The summed E-state index contributed by atoms with van der Waals surface area (Å²) in [5, 5.41) is 2.78. The third-order valence-electron chi connectivity index (χ3n) is 2.56. The summed E-state index contributed by atoms with van der Waals surface area (Å²) >= 11 is 0. The van der Waals surface area contributed by atoms with Gasteiger partial charge in [-0.2, -0.15) is 0 Å². The van der Waals surface area contributed by atoms with Crippen LogP contribution in [0.15, 0.2) is 0 Å². The normalized spacial score (nSPS) is 41.1. The molecule has 0 unspecified atom stereocenters. The maximum Gasteiger partial charge on any atom is 0.313 e. The first-order chi connectivity index (χ1) is 7.19. The molecule has 3 nitrogen and oxygen atoms in total. The molecule has 1 rings (SSSR count). The van der Waals surface area contributed by atoms with Crippen LogP contribution in [-0.2, 0) is 9.53 Å². The van der Waals surface area contributed by atoms with Crippen molar-refractivity contribution < 1.29 is 21.1 Å². The van der Waals surface area contributed by atoms with Gasteiger partial charge in [-0.15, -0.1) is 0 Å². The minimum absolute atomic E-state index is 0.0857. The van der Waals surface area contributed by atoms with Crippen LogP contribution >= 0.6 is 0 Å². The van der Waals surface area contributed by atoms with Gasteiger partial charge in [-0.25, -0.2) is 8.78 Å². The molecule has 0 spiro atoms. The molecule has 0 aromatic heterocycles. The second-order valence-corrected chi connectivity index (χ2v) is 3.49. The highest BCUT2D eigenvalue weighted by atomic mass is 19.3. The Bertz CT molecular complexity index is 298. The van der Waals surface area contributed by atoms with E-state index < -0.39 is 23.7 Å². The third-order valence-corrected chi connectivity index (χ3v) is 2.56. The first-order valence-electron chi connectivity index (χ1n) is 5.36. The molecule has 0 bridgehead atoms. The Kier molecular flexibility index (Phi) is 2.58. The molecule has 0 aliphatic carbocycles. The number of piperidine rings is 1. The molecule has 1 N–H and O–H groups in total. The van der Waals surface area contributed by atoms with Crippen LogP contribution in [0.2, 0.25) is 0 Å². The van der Waals surface area contributed by atoms with Gasteiger partial charge in [-0.1, -0.05) is 0 Å². The second-order valence-electron chi connectivity index (χ2n) is 3.49. The average Bonchev–Trinajstić information content (AvgIpc) is 2.19. The van der Waals surface area contributed by atoms with Gasteiger partial charge in [0.25, 0.3) is 0 Å². The van der Waals surface area contributed by atoms with E-state index in [0.29, 0.717) is 0 Å². The molecule has 5 heteroatoms. The van der Waals surface area contributed by atoms with Crippen LogP contribution in [0.25, 0.3) is 0 Å². The van der Waals surface area contributed by atoms with Crippen LogP contribution in [0, 0.1) is 11.3 Å². The van der Waals surface area contributed by atoms with Gasteiger partial charge in [0.15, 0.2) is 0 Å². The maximum absolute atomic E-state index is 13.2. The van der Waals surface area contributed by atoms with E-state index in [4.69, 9.17) is 2.74 Å². The summed E-state index contributed by atoms with van der Waals surface area (Å²) in [5.74, 6) is -3.35. The van der Waals surface area contributed by atoms with E-state index in [1.165, 1.54) is 6.92 Å². The molecule has 0 saturated carbocycles. The lowest BCUT2D eigenvalue weighted by atomic mass is 9.73. The van der Waals surface area contributed by atoms with Crippen molar-refractivity contribution in [1.82, 2.24) is 5.32 Å². The Hall–Kier alpha value is -0.710. The molecule has 0 aromatic rings. The van der Waals surface area contributed by atoms with Crippen molar-refractivity contribution in [2.24, 2.45) is 11.3 Å². The summed E-state index contributed by atoms with van der Waals surface area (Å²) in [5.41, 5.74) is -1.72. The van der Waals surface area contributed by atoms with E-state index in [0.717, 1.165) is 7.11 Å². The Labute approximate surface area is 84.6 Å². The Morgan fingerprint density at radius 2 is 2.50 bits per heavy atom. The lowest BCUT2D eigenvalue weighted by Gasteiger charge is -2.38. The molecule has 1 saturated heterocycles. The first kappa shape index (κ1) is 8.59. The van der Waals surface area contributed by atoms with Gasteiger partial charge in [0.1, 0.15) is 1.37 Å². The van der Waals surface area contributed by atoms with Crippen molar-refractivity contribution in [3.63, 3.8) is 0 Å². The van der Waals surface area contributed by atoms with Gasteiger partial charge >= 0.3 is 5.97 Å². The smallest absolute Gasteiger partial charge is 0.313 e. The van der Waals surface area contributed by atoms with Gasteiger partial charge in [0.2, 0.25) is 6.40 Å². The van der Waals surface area contributed by atoms with E-state index in [-0.39, 0.29) is 19.5 Å². The molecule has 14 heavy (non-hydrogen) atoms. The number of carbonyl (C=O) groups excluding carboxylic acids is 1. The summed E-state index contributed by atoms with van der Waals surface area (Å²) < 4.78 is 45.5. The molecule has 82 valence electrons. The fourth-order valence-corrected chi connectivity index (χ4v) is 1.66. The van der Waals surface area contributed by atoms with E-state index >= 15 is 0 Å². The number of hydrogen-bond donors (Lipinski definition) is 1. The third kappa shape index (κ3) is 1.87. The zero-order valence-electron chi connectivity index (χ0n) is 10.2. The van der Waals surface area contributed by atoms with Gasteiger partial charge in [0.05, 0.1) is 12.5 Å². The molecule has 1 aliphatic heterocycles. The van der Waals surface area contributed by atoms with Gasteiger partial charge < -0.3 is 10.1 Å². The van der Waals surface area contributed by atoms with Crippen LogP contribution in [0.4, 0.5) is 8.78 Å². The standard InChI is InChI=1S/C9H15F2NO2/c1-9(8(13)14-2)5-12-4-3-6(9)7(10)11/h6-7,12H,3-5H2,1-2H3/t6-,9-/m1/s1/i6D,7D. The van der Waals surface area contributed by atoms with Crippen LogP contribution in [0.5, 0.6) is 0 Å². The van der Waals surface area contributed by atoms with Crippen molar-refractivity contribution >= 4 is 5.97 Å². The van der Waals surface area contributed by atoms with Crippen molar-refractivity contribution in [3.8, 4) is 0 Å². The lowest BCUT2D eigenvalue weighted by molar-refractivity contribution is -0.161. The topological polar surface area (TPSA) is 38.3 Å². The molecule has 0 amide bonds. The van der Waals surface area contributed by atoms with Gasteiger partial charge in [-0.05, 0) is 19.9 Å². The summed E-state index contributed by atoms with van der Waals surface area (Å²) in [6.07, 6.45) is -4.27. The summed E-state index contributed by atoms with van der Waals surface area (Å²) in [4.78, 5) is 11.6. The average molecular weight is 209 g/mol. The number of esters is 1. The molecule has 1 heterocycles. The number of methoxy groups -OCH3 is 1. The zero-order valence-corrected chi connectivity index (χ0v) is 8.19.